The Kier molecular flexibility index (Phi) is 9.78. The fourth-order valence-electron chi connectivity index (χ4n) is 1.51. The Morgan fingerprint density at radius 3 is 2.55 bits per heavy atom. The van der Waals surface area contributed by atoms with Crippen molar-refractivity contribution in [2.45, 2.75) is 6.54 Å². The maximum absolute atomic E-state index is 13.1. The molecule has 0 aromatic heterocycles. The lowest BCUT2D eigenvalue weighted by molar-refractivity contribution is 0.0255. The molecule has 0 aliphatic carbocycles. The van der Waals surface area contributed by atoms with Crippen LogP contribution >= 0.6 is 15.9 Å². The third kappa shape index (κ3) is 7.91. The normalized spacial score (nSPS) is 10.9. The predicted molar refractivity (Wildman–Crippen MR) is 79.3 cm³/mol. The lowest BCUT2D eigenvalue weighted by Crippen LogP contribution is -2.20. The lowest BCUT2D eigenvalue weighted by atomic mass is 10.2. The number of methoxy groups -OCH3 is 1. The van der Waals surface area contributed by atoms with Gasteiger partial charge in [-0.2, -0.15) is 0 Å². The fraction of sp³-hybridized carbons (Fsp3) is 0.571. The number of nitrogens with one attached hydrogen (secondary N) is 1. The van der Waals surface area contributed by atoms with Crippen molar-refractivity contribution >= 4 is 15.9 Å². The number of rotatable bonds is 11. The van der Waals surface area contributed by atoms with E-state index < -0.39 is 0 Å². The molecule has 0 unspecified atom stereocenters. The molecular weight excluding hydrogens is 329 g/mol. The van der Waals surface area contributed by atoms with Crippen LogP contribution in [0.15, 0.2) is 22.7 Å². The van der Waals surface area contributed by atoms with E-state index in [1.807, 2.05) is 0 Å². The van der Waals surface area contributed by atoms with Crippen LogP contribution in [0.3, 0.4) is 0 Å². The van der Waals surface area contributed by atoms with Crippen molar-refractivity contribution in [2.24, 2.45) is 0 Å². The van der Waals surface area contributed by atoms with Crippen LogP contribution in [0.1, 0.15) is 5.56 Å². The number of ether oxygens (including phenoxy) is 3. The summed E-state index contributed by atoms with van der Waals surface area (Å²) in [5, 5.41) is 3.20. The van der Waals surface area contributed by atoms with Gasteiger partial charge in [0.1, 0.15) is 5.82 Å². The van der Waals surface area contributed by atoms with Crippen LogP contribution < -0.4 is 5.32 Å². The summed E-state index contributed by atoms with van der Waals surface area (Å²) in [5.41, 5.74) is 0.896. The van der Waals surface area contributed by atoms with Crippen LogP contribution in [0, 0.1) is 5.82 Å². The van der Waals surface area contributed by atoms with Gasteiger partial charge in [0.15, 0.2) is 0 Å². The van der Waals surface area contributed by atoms with Crippen LogP contribution in [0.5, 0.6) is 0 Å². The molecule has 0 aliphatic heterocycles. The van der Waals surface area contributed by atoms with Crippen LogP contribution in [0.2, 0.25) is 0 Å². The highest BCUT2D eigenvalue weighted by molar-refractivity contribution is 9.10. The average molecular weight is 350 g/mol. The molecule has 6 heteroatoms. The van der Waals surface area contributed by atoms with Crippen LogP contribution in [-0.2, 0) is 20.8 Å². The van der Waals surface area contributed by atoms with Gasteiger partial charge in [-0.15, -0.1) is 0 Å². The van der Waals surface area contributed by atoms with E-state index in [2.05, 4.69) is 21.2 Å². The van der Waals surface area contributed by atoms with Gasteiger partial charge >= 0.3 is 0 Å². The highest BCUT2D eigenvalue weighted by atomic mass is 79.9. The molecule has 0 radical (unpaired) electrons. The van der Waals surface area contributed by atoms with Crippen molar-refractivity contribution in [2.75, 3.05) is 46.7 Å². The third-order valence-electron chi connectivity index (χ3n) is 2.55. The van der Waals surface area contributed by atoms with Crippen molar-refractivity contribution in [3.8, 4) is 0 Å². The Labute approximate surface area is 127 Å². The minimum absolute atomic E-state index is 0.227. The van der Waals surface area contributed by atoms with Gasteiger partial charge in [-0.3, -0.25) is 0 Å². The van der Waals surface area contributed by atoms with Crippen LogP contribution in [0.25, 0.3) is 0 Å². The number of halogens is 2. The van der Waals surface area contributed by atoms with Gasteiger partial charge in [0.2, 0.25) is 0 Å². The maximum Gasteiger partial charge on any atom is 0.123 e. The van der Waals surface area contributed by atoms with E-state index in [-0.39, 0.29) is 5.82 Å². The van der Waals surface area contributed by atoms with Crippen LogP contribution in [0.4, 0.5) is 4.39 Å². The van der Waals surface area contributed by atoms with E-state index in [0.29, 0.717) is 46.1 Å². The lowest BCUT2D eigenvalue weighted by Gasteiger charge is -2.08. The molecule has 114 valence electrons. The summed E-state index contributed by atoms with van der Waals surface area (Å²) >= 11 is 3.39. The second-order valence-electron chi connectivity index (χ2n) is 4.13. The van der Waals surface area contributed by atoms with Gasteiger partial charge in [0.25, 0.3) is 0 Å². The van der Waals surface area contributed by atoms with Crippen molar-refractivity contribution in [3.05, 3.63) is 34.1 Å². The molecule has 1 aromatic rings. The standard InChI is InChI=1S/C14H21BrFNO3/c1-18-6-7-20-9-8-19-5-4-17-11-12-10-13(16)2-3-14(12)15/h2-3,10,17H,4-9,11H2,1H3. The average Bonchev–Trinajstić information content (AvgIpc) is 2.44. The van der Waals surface area contributed by atoms with Gasteiger partial charge in [-0.1, -0.05) is 15.9 Å². The summed E-state index contributed by atoms with van der Waals surface area (Å²) in [6, 6.07) is 4.65. The molecule has 1 aromatic carbocycles. The molecule has 0 aliphatic rings. The van der Waals surface area contributed by atoms with E-state index in [1.54, 1.807) is 13.2 Å². The topological polar surface area (TPSA) is 39.7 Å². The summed E-state index contributed by atoms with van der Waals surface area (Å²) in [7, 11) is 1.64. The number of benzene rings is 1. The fourth-order valence-corrected chi connectivity index (χ4v) is 1.90. The molecule has 0 fully saturated rings. The van der Waals surface area contributed by atoms with Crippen LogP contribution in [-0.4, -0.2) is 46.7 Å². The molecule has 0 saturated heterocycles. The molecule has 1 rings (SSSR count). The highest BCUT2D eigenvalue weighted by Gasteiger charge is 2.01. The molecule has 0 saturated carbocycles. The molecular formula is C14H21BrFNO3. The Hall–Kier alpha value is -0.530. The molecule has 20 heavy (non-hydrogen) atoms. The molecule has 0 amide bonds. The zero-order chi connectivity index (χ0) is 14.6. The second-order valence-corrected chi connectivity index (χ2v) is 4.98. The molecule has 4 nitrogen and oxygen atoms in total. The van der Waals surface area contributed by atoms with Gasteiger partial charge < -0.3 is 19.5 Å². The molecule has 0 bridgehead atoms. The van der Waals surface area contributed by atoms with Gasteiger partial charge in [0, 0.05) is 24.7 Å². The van der Waals surface area contributed by atoms with E-state index in [0.717, 1.165) is 10.0 Å². The summed E-state index contributed by atoms with van der Waals surface area (Å²) in [6.45, 7) is 4.23. The third-order valence-corrected chi connectivity index (χ3v) is 3.32. The van der Waals surface area contributed by atoms with E-state index in [4.69, 9.17) is 14.2 Å². The summed E-state index contributed by atoms with van der Waals surface area (Å²) < 4.78 is 29.5. The Bertz CT molecular complexity index is 379. The van der Waals surface area contributed by atoms with E-state index in [1.165, 1.54) is 12.1 Å². The SMILES string of the molecule is COCCOCCOCCNCc1cc(F)ccc1Br. The number of hydrogen-bond donors (Lipinski definition) is 1. The molecule has 0 atom stereocenters. The molecule has 0 heterocycles. The summed E-state index contributed by atoms with van der Waals surface area (Å²) in [5.74, 6) is -0.227. The quantitative estimate of drug-likeness (QED) is 0.622. The number of hydrogen-bond acceptors (Lipinski definition) is 4. The Balaban J connectivity index is 1.98. The first-order valence-electron chi connectivity index (χ1n) is 6.53. The Morgan fingerprint density at radius 1 is 1.10 bits per heavy atom. The largest absolute Gasteiger partial charge is 0.382 e. The minimum atomic E-state index is -0.227. The monoisotopic (exact) mass is 349 g/mol. The van der Waals surface area contributed by atoms with Crippen molar-refractivity contribution in [1.29, 1.82) is 0 Å². The molecule has 0 spiro atoms. The maximum atomic E-state index is 13.1. The van der Waals surface area contributed by atoms with E-state index >= 15 is 0 Å². The zero-order valence-electron chi connectivity index (χ0n) is 11.7. The van der Waals surface area contributed by atoms with E-state index in [9.17, 15) is 4.39 Å². The Morgan fingerprint density at radius 2 is 1.80 bits per heavy atom. The highest BCUT2D eigenvalue weighted by Crippen LogP contribution is 2.17. The first-order chi connectivity index (χ1) is 9.74. The van der Waals surface area contributed by atoms with Crippen molar-refractivity contribution in [1.82, 2.24) is 5.32 Å². The van der Waals surface area contributed by atoms with Gasteiger partial charge in [-0.05, 0) is 23.8 Å². The smallest absolute Gasteiger partial charge is 0.123 e. The first kappa shape index (κ1) is 17.5. The van der Waals surface area contributed by atoms with Crippen molar-refractivity contribution < 1.29 is 18.6 Å². The predicted octanol–water partition coefficient (Wildman–Crippen LogP) is 2.36. The van der Waals surface area contributed by atoms with Crippen molar-refractivity contribution in [3.63, 3.8) is 0 Å². The second kappa shape index (κ2) is 11.2. The first-order valence-corrected chi connectivity index (χ1v) is 7.32. The van der Waals surface area contributed by atoms with Gasteiger partial charge in [0.05, 0.1) is 33.0 Å². The zero-order valence-corrected chi connectivity index (χ0v) is 13.2. The van der Waals surface area contributed by atoms with Gasteiger partial charge in [-0.25, -0.2) is 4.39 Å². The summed E-state index contributed by atoms with van der Waals surface area (Å²) in [4.78, 5) is 0. The minimum Gasteiger partial charge on any atom is -0.382 e. The summed E-state index contributed by atoms with van der Waals surface area (Å²) in [6.07, 6.45) is 0. The molecule has 1 N–H and O–H groups in total.